The standard InChI is InChI=1S/C21H25F2N3O2/c1-16-4-2-3-5-17(16)14-25-10-12-26(13-11-25)15-20(27)24-18-6-8-19(9-7-18)28-21(22)23/h2-9,21H,10-15H2,1H3,(H,24,27)/p+2. The van der Waals surface area contributed by atoms with Gasteiger partial charge >= 0.3 is 6.61 Å². The van der Waals surface area contributed by atoms with Gasteiger partial charge < -0.3 is 19.9 Å². The van der Waals surface area contributed by atoms with Crippen molar-refractivity contribution < 1.29 is 28.1 Å². The van der Waals surface area contributed by atoms with Gasteiger partial charge in [0.05, 0.1) is 0 Å². The van der Waals surface area contributed by atoms with Gasteiger partial charge in [-0.3, -0.25) is 4.79 Å². The minimum absolute atomic E-state index is 0.0696. The summed E-state index contributed by atoms with van der Waals surface area (Å²) in [6.45, 7) is 4.72. The molecule has 1 fully saturated rings. The number of ether oxygens (including phenoxy) is 1. The Hall–Kier alpha value is -2.51. The van der Waals surface area contributed by atoms with E-state index in [4.69, 9.17) is 0 Å². The van der Waals surface area contributed by atoms with E-state index in [0.29, 0.717) is 12.2 Å². The average molecular weight is 391 g/mol. The molecular weight excluding hydrogens is 364 g/mol. The maximum absolute atomic E-state index is 12.3. The molecule has 1 amide bonds. The second-order valence-corrected chi connectivity index (χ2v) is 7.23. The van der Waals surface area contributed by atoms with Gasteiger partial charge in [-0.2, -0.15) is 8.78 Å². The molecule has 0 bridgehead atoms. The molecule has 3 N–H and O–H groups in total. The van der Waals surface area contributed by atoms with Crippen molar-refractivity contribution in [1.29, 1.82) is 0 Å². The fourth-order valence-electron chi connectivity index (χ4n) is 3.54. The molecule has 0 aliphatic carbocycles. The molecule has 0 spiro atoms. The van der Waals surface area contributed by atoms with Gasteiger partial charge in [-0.15, -0.1) is 0 Å². The molecule has 7 heteroatoms. The number of hydrogen-bond acceptors (Lipinski definition) is 2. The number of nitrogens with one attached hydrogen (secondary N) is 3. The van der Waals surface area contributed by atoms with Gasteiger partial charge in [-0.05, 0) is 36.8 Å². The van der Waals surface area contributed by atoms with Crippen molar-refractivity contribution >= 4 is 11.6 Å². The van der Waals surface area contributed by atoms with Crippen LogP contribution in [0, 0.1) is 6.92 Å². The molecule has 0 radical (unpaired) electrons. The van der Waals surface area contributed by atoms with E-state index in [1.807, 2.05) is 0 Å². The predicted molar refractivity (Wildman–Crippen MR) is 103 cm³/mol. The minimum atomic E-state index is -2.85. The number of carbonyl (C=O) groups is 1. The maximum Gasteiger partial charge on any atom is 0.387 e. The van der Waals surface area contributed by atoms with Gasteiger partial charge in [-0.25, -0.2) is 0 Å². The summed E-state index contributed by atoms with van der Waals surface area (Å²) in [7, 11) is 0. The molecular formula is C21H27F2N3O2+2. The average Bonchev–Trinajstić information content (AvgIpc) is 2.66. The van der Waals surface area contributed by atoms with Gasteiger partial charge in [0, 0.05) is 11.3 Å². The quantitative estimate of drug-likeness (QED) is 0.645. The molecule has 2 aromatic carbocycles. The summed E-state index contributed by atoms with van der Waals surface area (Å²) in [5.41, 5.74) is 3.29. The van der Waals surface area contributed by atoms with Crippen LogP contribution in [-0.4, -0.2) is 45.2 Å². The number of alkyl halides is 2. The molecule has 2 aromatic rings. The Morgan fingerprint density at radius 2 is 1.68 bits per heavy atom. The first-order chi connectivity index (χ1) is 13.5. The van der Waals surface area contributed by atoms with Crippen LogP contribution in [0.4, 0.5) is 14.5 Å². The van der Waals surface area contributed by atoms with Crippen molar-refractivity contribution in [3.63, 3.8) is 0 Å². The lowest BCUT2D eigenvalue weighted by Gasteiger charge is -2.29. The van der Waals surface area contributed by atoms with Crippen LogP contribution in [0.1, 0.15) is 11.1 Å². The highest BCUT2D eigenvalue weighted by Crippen LogP contribution is 2.17. The summed E-state index contributed by atoms with van der Waals surface area (Å²) in [5, 5.41) is 2.82. The second kappa shape index (κ2) is 9.61. The third-order valence-electron chi connectivity index (χ3n) is 5.14. The Morgan fingerprint density at radius 1 is 1.04 bits per heavy atom. The zero-order valence-electron chi connectivity index (χ0n) is 16.0. The Labute approximate surface area is 163 Å². The lowest BCUT2D eigenvalue weighted by Crippen LogP contribution is -3.28. The van der Waals surface area contributed by atoms with E-state index in [0.717, 1.165) is 32.7 Å². The number of aryl methyl sites for hydroxylation is 1. The van der Waals surface area contributed by atoms with E-state index in [1.54, 1.807) is 17.0 Å². The van der Waals surface area contributed by atoms with Crippen LogP contribution in [0.15, 0.2) is 48.5 Å². The molecule has 1 aliphatic heterocycles. The summed E-state index contributed by atoms with van der Waals surface area (Å²) < 4.78 is 28.6. The molecule has 1 aliphatic rings. The van der Waals surface area contributed by atoms with Gasteiger partial charge in [0.2, 0.25) is 0 Å². The summed E-state index contributed by atoms with van der Waals surface area (Å²) in [6, 6.07) is 14.4. The Morgan fingerprint density at radius 3 is 2.32 bits per heavy atom. The maximum atomic E-state index is 12.3. The van der Waals surface area contributed by atoms with Crippen LogP contribution < -0.4 is 19.9 Å². The van der Waals surface area contributed by atoms with Crippen LogP contribution in [0.2, 0.25) is 0 Å². The van der Waals surface area contributed by atoms with E-state index in [-0.39, 0.29) is 11.7 Å². The fourth-order valence-corrected chi connectivity index (χ4v) is 3.54. The summed E-state index contributed by atoms with van der Waals surface area (Å²) in [6.07, 6.45) is 0. The van der Waals surface area contributed by atoms with Crippen LogP contribution >= 0.6 is 0 Å². The molecule has 0 atom stereocenters. The lowest BCUT2D eigenvalue weighted by atomic mass is 10.1. The Kier molecular flexibility index (Phi) is 6.95. The first-order valence-electron chi connectivity index (χ1n) is 9.56. The highest BCUT2D eigenvalue weighted by Gasteiger charge is 2.25. The van der Waals surface area contributed by atoms with Crippen molar-refractivity contribution in [1.82, 2.24) is 0 Å². The molecule has 1 heterocycles. The van der Waals surface area contributed by atoms with Gasteiger partial charge in [0.1, 0.15) is 38.5 Å². The molecule has 150 valence electrons. The topological polar surface area (TPSA) is 47.2 Å². The van der Waals surface area contributed by atoms with E-state index in [9.17, 15) is 13.6 Å². The van der Waals surface area contributed by atoms with Gasteiger partial charge in [-0.1, -0.05) is 24.3 Å². The molecule has 28 heavy (non-hydrogen) atoms. The number of anilines is 1. The molecule has 0 unspecified atom stereocenters. The fraction of sp³-hybridized carbons (Fsp3) is 0.381. The zero-order chi connectivity index (χ0) is 19.9. The van der Waals surface area contributed by atoms with E-state index in [2.05, 4.69) is 41.2 Å². The SMILES string of the molecule is Cc1ccccc1C[NH+]1CC[NH+](CC(=O)Nc2ccc(OC(F)F)cc2)CC1. The minimum Gasteiger partial charge on any atom is -0.435 e. The molecule has 3 rings (SSSR count). The molecule has 5 nitrogen and oxygen atoms in total. The number of quaternary nitrogens is 2. The number of hydrogen-bond donors (Lipinski definition) is 3. The second-order valence-electron chi connectivity index (χ2n) is 7.23. The van der Waals surface area contributed by atoms with Crippen molar-refractivity contribution in [3.05, 3.63) is 59.7 Å². The number of halogens is 2. The zero-order valence-corrected chi connectivity index (χ0v) is 16.0. The van der Waals surface area contributed by atoms with Crippen molar-refractivity contribution in [2.75, 3.05) is 38.0 Å². The number of benzene rings is 2. The van der Waals surface area contributed by atoms with Crippen molar-refractivity contribution in [3.8, 4) is 5.75 Å². The lowest BCUT2D eigenvalue weighted by molar-refractivity contribution is -1.02. The normalized spacial score (nSPS) is 19.4. The summed E-state index contributed by atoms with van der Waals surface area (Å²) in [5.74, 6) is 0.00579. The van der Waals surface area contributed by atoms with Crippen LogP contribution in [0.3, 0.4) is 0 Å². The smallest absolute Gasteiger partial charge is 0.387 e. The predicted octanol–water partition coefficient (Wildman–Crippen LogP) is 0.519. The summed E-state index contributed by atoms with van der Waals surface area (Å²) >= 11 is 0. The number of piperazine rings is 1. The number of amides is 1. The van der Waals surface area contributed by atoms with E-state index in [1.165, 1.54) is 28.2 Å². The number of rotatable bonds is 7. The third kappa shape index (κ3) is 6.00. The highest BCUT2D eigenvalue weighted by atomic mass is 19.3. The highest BCUT2D eigenvalue weighted by molar-refractivity contribution is 5.91. The largest absolute Gasteiger partial charge is 0.435 e. The van der Waals surface area contributed by atoms with Crippen LogP contribution in [0.25, 0.3) is 0 Å². The first kappa shape index (κ1) is 20.2. The van der Waals surface area contributed by atoms with Crippen LogP contribution in [0.5, 0.6) is 5.75 Å². The monoisotopic (exact) mass is 391 g/mol. The van der Waals surface area contributed by atoms with Crippen molar-refractivity contribution in [2.45, 2.75) is 20.1 Å². The first-order valence-corrected chi connectivity index (χ1v) is 9.56. The molecule has 0 saturated carbocycles. The molecule has 1 saturated heterocycles. The number of carbonyl (C=O) groups excluding carboxylic acids is 1. The van der Waals surface area contributed by atoms with Crippen molar-refractivity contribution in [2.24, 2.45) is 0 Å². The van der Waals surface area contributed by atoms with Crippen LogP contribution in [-0.2, 0) is 11.3 Å². The third-order valence-corrected chi connectivity index (χ3v) is 5.14. The Balaban J connectivity index is 1.41. The summed E-state index contributed by atoms with van der Waals surface area (Å²) in [4.78, 5) is 15.1. The van der Waals surface area contributed by atoms with E-state index < -0.39 is 6.61 Å². The van der Waals surface area contributed by atoms with Gasteiger partial charge in [0.15, 0.2) is 6.54 Å². The van der Waals surface area contributed by atoms with E-state index >= 15 is 0 Å². The molecule has 0 aromatic heterocycles. The Bertz CT molecular complexity index is 775. The van der Waals surface area contributed by atoms with Gasteiger partial charge in [0.25, 0.3) is 5.91 Å².